The Kier molecular flexibility index (Phi) is 5.11. The van der Waals surface area contributed by atoms with Crippen LogP contribution in [0.2, 0.25) is 0 Å². The van der Waals surface area contributed by atoms with Crippen molar-refractivity contribution in [2.75, 3.05) is 13.1 Å². The SMILES string of the molecule is CC(C)(C)OC(=O)N1CCC(c2ccc(C(=O)O)c(F)c2F)CC1. The van der Waals surface area contributed by atoms with Crippen molar-refractivity contribution in [3.63, 3.8) is 0 Å². The number of ether oxygens (including phenoxy) is 1. The summed E-state index contributed by atoms with van der Waals surface area (Å²) >= 11 is 0. The fourth-order valence-corrected chi connectivity index (χ4v) is 2.74. The molecule has 0 aromatic heterocycles. The first-order chi connectivity index (χ1) is 11.1. The smallest absolute Gasteiger partial charge is 0.410 e. The molecule has 1 aliphatic rings. The molecule has 0 radical (unpaired) electrons. The number of amides is 1. The topological polar surface area (TPSA) is 66.8 Å². The molecule has 0 unspecified atom stereocenters. The molecule has 132 valence electrons. The number of piperidine rings is 1. The number of rotatable bonds is 2. The van der Waals surface area contributed by atoms with Gasteiger partial charge < -0.3 is 14.7 Å². The van der Waals surface area contributed by atoms with Gasteiger partial charge in [0.25, 0.3) is 0 Å². The highest BCUT2D eigenvalue weighted by Gasteiger charge is 2.30. The average Bonchev–Trinajstić information content (AvgIpc) is 2.48. The molecule has 0 atom stereocenters. The second kappa shape index (κ2) is 6.75. The van der Waals surface area contributed by atoms with E-state index in [9.17, 15) is 18.4 Å². The zero-order valence-corrected chi connectivity index (χ0v) is 13.9. The Morgan fingerprint density at radius 3 is 2.25 bits per heavy atom. The molecule has 0 spiro atoms. The summed E-state index contributed by atoms with van der Waals surface area (Å²) in [6, 6.07) is 2.39. The van der Waals surface area contributed by atoms with Gasteiger partial charge in [-0.25, -0.2) is 18.4 Å². The molecule has 2 rings (SSSR count). The molecular weight excluding hydrogens is 320 g/mol. The van der Waals surface area contributed by atoms with E-state index in [4.69, 9.17) is 9.84 Å². The molecule has 1 fully saturated rings. The molecule has 1 saturated heterocycles. The first kappa shape index (κ1) is 18.2. The third-order valence-electron chi connectivity index (χ3n) is 3.93. The van der Waals surface area contributed by atoms with Gasteiger partial charge in [0.2, 0.25) is 0 Å². The maximum Gasteiger partial charge on any atom is 0.410 e. The molecule has 7 heteroatoms. The summed E-state index contributed by atoms with van der Waals surface area (Å²) in [6.07, 6.45) is 0.498. The van der Waals surface area contributed by atoms with Gasteiger partial charge in [0.15, 0.2) is 11.6 Å². The van der Waals surface area contributed by atoms with Crippen LogP contribution in [0.1, 0.15) is 55.5 Å². The van der Waals surface area contributed by atoms with Crippen LogP contribution in [0, 0.1) is 11.6 Å². The molecule has 1 aromatic carbocycles. The summed E-state index contributed by atoms with van der Waals surface area (Å²) in [5.41, 5.74) is -1.11. The van der Waals surface area contributed by atoms with E-state index in [2.05, 4.69) is 0 Å². The molecule has 0 aliphatic carbocycles. The van der Waals surface area contributed by atoms with E-state index in [0.717, 1.165) is 6.07 Å². The van der Waals surface area contributed by atoms with Crippen molar-refractivity contribution in [3.8, 4) is 0 Å². The minimum atomic E-state index is -1.50. The number of nitrogens with zero attached hydrogens (tertiary/aromatic N) is 1. The zero-order valence-electron chi connectivity index (χ0n) is 13.9. The number of carbonyl (C=O) groups excluding carboxylic acids is 1. The first-order valence-corrected chi connectivity index (χ1v) is 7.79. The molecule has 0 bridgehead atoms. The van der Waals surface area contributed by atoms with Gasteiger partial charge in [-0.2, -0.15) is 0 Å². The number of carbonyl (C=O) groups is 2. The van der Waals surface area contributed by atoms with Crippen LogP contribution in [0.4, 0.5) is 13.6 Å². The Balaban J connectivity index is 2.06. The number of aromatic carboxylic acids is 1. The van der Waals surface area contributed by atoms with E-state index in [-0.39, 0.29) is 11.5 Å². The van der Waals surface area contributed by atoms with E-state index < -0.39 is 34.9 Å². The predicted molar refractivity (Wildman–Crippen MR) is 83.1 cm³/mol. The van der Waals surface area contributed by atoms with E-state index in [1.807, 2.05) is 0 Å². The van der Waals surface area contributed by atoms with E-state index in [0.29, 0.717) is 25.9 Å². The quantitative estimate of drug-likeness (QED) is 0.889. The highest BCUT2D eigenvalue weighted by molar-refractivity contribution is 5.88. The Hall–Kier alpha value is -2.18. The molecule has 5 nitrogen and oxygen atoms in total. The minimum absolute atomic E-state index is 0.154. The molecule has 0 saturated carbocycles. The van der Waals surface area contributed by atoms with Gasteiger partial charge in [0, 0.05) is 13.1 Å². The molecular formula is C17H21F2NO4. The average molecular weight is 341 g/mol. The van der Waals surface area contributed by atoms with Gasteiger partial charge in [-0.05, 0) is 51.2 Å². The number of hydrogen-bond donors (Lipinski definition) is 1. The lowest BCUT2D eigenvalue weighted by Gasteiger charge is -2.33. The first-order valence-electron chi connectivity index (χ1n) is 7.79. The number of halogens is 2. The van der Waals surface area contributed by atoms with Crippen LogP contribution in [0.15, 0.2) is 12.1 Å². The second-order valence-electron chi connectivity index (χ2n) is 6.88. The van der Waals surface area contributed by atoms with Crippen LogP contribution < -0.4 is 0 Å². The molecule has 1 N–H and O–H groups in total. The maximum absolute atomic E-state index is 14.1. The maximum atomic E-state index is 14.1. The van der Waals surface area contributed by atoms with Crippen molar-refractivity contribution in [2.24, 2.45) is 0 Å². The number of carboxylic acid groups (broad SMARTS) is 1. The highest BCUT2D eigenvalue weighted by Crippen LogP contribution is 2.32. The molecule has 1 aromatic rings. The summed E-state index contributed by atoms with van der Waals surface area (Å²) < 4.78 is 33.3. The second-order valence-corrected chi connectivity index (χ2v) is 6.88. The van der Waals surface area contributed by atoms with Crippen molar-refractivity contribution < 1.29 is 28.2 Å². The van der Waals surface area contributed by atoms with Crippen LogP contribution >= 0.6 is 0 Å². The third-order valence-corrected chi connectivity index (χ3v) is 3.93. The van der Waals surface area contributed by atoms with Crippen LogP contribution in [0.3, 0.4) is 0 Å². The fourth-order valence-electron chi connectivity index (χ4n) is 2.74. The third kappa shape index (κ3) is 4.01. The Bertz CT molecular complexity index is 647. The lowest BCUT2D eigenvalue weighted by Crippen LogP contribution is -2.41. The highest BCUT2D eigenvalue weighted by atomic mass is 19.2. The molecule has 24 heavy (non-hydrogen) atoms. The summed E-state index contributed by atoms with van der Waals surface area (Å²) in [5.74, 6) is -4.22. The van der Waals surface area contributed by atoms with Gasteiger partial charge in [-0.1, -0.05) is 6.07 Å². The summed E-state index contributed by atoms with van der Waals surface area (Å²) in [4.78, 5) is 24.4. The molecule has 1 aliphatic heterocycles. The van der Waals surface area contributed by atoms with Gasteiger partial charge in [-0.3, -0.25) is 0 Å². The summed E-state index contributed by atoms with van der Waals surface area (Å²) in [5, 5.41) is 8.82. The van der Waals surface area contributed by atoms with Crippen molar-refractivity contribution in [2.45, 2.75) is 45.1 Å². The van der Waals surface area contributed by atoms with Crippen LogP contribution in [-0.2, 0) is 4.74 Å². The normalized spacial score (nSPS) is 16.1. The van der Waals surface area contributed by atoms with Crippen LogP contribution in [0.25, 0.3) is 0 Å². The summed E-state index contributed by atoms with van der Waals surface area (Å²) in [6.45, 7) is 6.09. The van der Waals surface area contributed by atoms with E-state index >= 15 is 0 Å². The fraction of sp³-hybridized carbons (Fsp3) is 0.529. The number of hydrogen-bond acceptors (Lipinski definition) is 3. The lowest BCUT2D eigenvalue weighted by molar-refractivity contribution is 0.0204. The van der Waals surface area contributed by atoms with Gasteiger partial charge in [0.1, 0.15) is 5.60 Å². The van der Waals surface area contributed by atoms with Crippen LogP contribution in [-0.4, -0.2) is 40.8 Å². The zero-order chi connectivity index (χ0) is 18.1. The number of carboxylic acids is 1. The lowest BCUT2D eigenvalue weighted by atomic mass is 9.88. The number of benzene rings is 1. The van der Waals surface area contributed by atoms with Gasteiger partial charge in [-0.15, -0.1) is 0 Å². The Morgan fingerprint density at radius 2 is 1.75 bits per heavy atom. The largest absolute Gasteiger partial charge is 0.478 e. The van der Waals surface area contributed by atoms with Gasteiger partial charge in [0.05, 0.1) is 5.56 Å². The van der Waals surface area contributed by atoms with Crippen LogP contribution in [0.5, 0.6) is 0 Å². The minimum Gasteiger partial charge on any atom is -0.478 e. The summed E-state index contributed by atoms with van der Waals surface area (Å²) in [7, 11) is 0. The Morgan fingerprint density at radius 1 is 1.17 bits per heavy atom. The number of likely N-dealkylation sites (tertiary alicyclic amines) is 1. The molecule has 1 heterocycles. The standard InChI is InChI=1S/C17H21F2NO4/c1-17(2,3)24-16(23)20-8-6-10(7-9-20)11-4-5-12(15(21)22)14(19)13(11)18/h4-5,10H,6-9H2,1-3H3,(H,21,22). The monoisotopic (exact) mass is 341 g/mol. The predicted octanol–water partition coefficient (Wildman–Crippen LogP) is 3.78. The Labute approximate surface area is 139 Å². The van der Waals surface area contributed by atoms with Crippen molar-refractivity contribution in [1.82, 2.24) is 4.90 Å². The van der Waals surface area contributed by atoms with E-state index in [1.165, 1.54) is 6.07 Å². The van der Waals surface area contributed by atoms with E-state index in [1.54, 1.807) is 25.7 Å². The van der Waals surface area contributed by atoms with Crippen molar-refractivity contribution in [1.29, 1.82) is 0 Å². The van der Waals surface area contributed by atoms with Crippen molar-refractivity contribution in [3.05, 3.63) is 34.9 Å². The van der Waals surface area contributed by atoms with Crippen molar-refractivity contribution >= 4 is 12.1 Å². The molecule has 1 amide bonds. The van der Waals surface area contributed by atoms with Gasteiger partial charge >= 0.3 is 12.1 Å².